The van der Waals surface area contributed by atoms with E-state index in [0.717, 1.165) is 12.1 Å². The van der Waals surface area contributed by atoms with Crippen LogP contribution in [-0.4, -0.2) is 25.2 Å². The summed E-state index contributed by atoms with van der Waals surface area (Å²) in [7, 11) is -1.27. The van der Waals surface area contributed by atoms with Crippen LogP contribution >= 0.6 is 0 Å². The van der Waals surface area contributed by atoms with Crippen molar-refractivity contribution in [3.63, 3.8) is 0 Å². The van der Waals surface area contributed by atoms with E-state index in [1.165, 1.54) is 29.3 Å². The van der Waals surface area contributed by atoms with Gasteiger partial charge in [-0.15, -0.1) is 10.2 Å². The highest BCUT2D eigenvalue weighted by Gasteiger charge is 2.29. The largest absolute Gasteiger partial charge is 0.416 e. The highest BCUT2D eigenvalue weighted by molar-refractivity contribution is 7.84. The summed E-state index contributed by atoms with van der Waals surface area (Å²) in [5.74, 6) is 5.51. The van der Waals surface area contributed by atoms with Gasteiger partial charge in [-0.05, 0) is 24.3 Å². The number of rotatable bonds is 2. The summed E-state index contributed by atoms with van der Waals surface area (Å²) in [5, 5.41) is 7.64. The molecule has 0 saturated heterocycles. The molecule has 0 N–H and O–H groups in total. The average molecular weight is 313 g/mol. The van der Waals surface area contributed by atoms with E-state index in [0.29, 0.717) is 10.7 Å². The molecule has 0 radical (unpaired) electrons. The Morgan fingerprint density at radius 3 is 2.52 bits per heavy atom. The number of aromatic nitrogens is 3. The van der Waals surface area contributed by atoms with Gasteiger partial charge in [-0.2, -0.15) is 13.2 Å². The van der Waals surface area contributed by atoms with Crippen molar-refractivity contribution in [2.24, 2.45) is 0 Å². The monoisotopic (exact) mass is 313 g/mol. The number of halogens is 3. The molecule has 0 fully saturated rings. The third-order valence-corrected chi connectivity index (χ3v) is 3.36. The number of alkyl halides is 3. The van der Waals surface area contributed by atoms with E-state index in [9.17, 15) is 17.4 Å². The maximum absolute atomic E-state index is 12.4. The van der Waals surface area contributed by atoms with Crippen molar-refractivity contribution >= 4 is 10.8 Å². The van der Waals surface area contributed by atoms with Gasteiger partial charge in [0.05, 0.1) is 22.9 Å². The molecular weight excluding hydrogens is 303 g/mol. The summed E-state index contributed by atoms with van der Waals surface area (Å²) < 4.78 is 50.0. The average Bonchev–Trinajstić information content (AvgIpc) is 2.87. The topological polar surface area (TPSA) is 47.8 Å². The van der Waals surface area contributed by atoms with Gasteiger partial charge in [-0.1, -0.05) is 11.8 Å². The molecule has 0 aliphatic heterocycles. The summed E-state index contributed by atoms with van der Waals surface area (Å²) in [6.07, 6.45) is -1.48. The molecule has 1 atom stereocenters. The first-order valence-electron chi connectivity index (χ1n) is 5.75. The lowest BCUT2D eigenvalue weighted by atomic mass is 10.1. The molecule has 0 bridgehead atoms. The second-order valence-electron chi connectivity index (χ2n) is 4.07. The van der Waals surface area contributed by atoms with Crippen LogP contribution in [0.2, 0.25) is 0 Å². The first kappa shape index (κ1) is 15.3. The van der Waals surface area contributed by atoms with Crippen molar-refractivity contribution in [2.75, 3.05) is 6.26 Å². The molecule has 1 heterocycles. The minimum atomic E-state index is -4.35. The van der Waals surface area contributed by atoms with Gasteiger partial charge in [0, 0.05) is 11.8 Å². The van der Waals surface area contributed by atoms with Crippen molar-refractivity contribution in [3.8, 4) is 11.8 Å². The Balaban J connectivity index is 2.09. The summed E-state index contributed by atoms with van der Waals surface area (Å²) in [6, 6.07) is 4.58. The standard InChI is InChI=1S/C13H10F3N3OS/c1-21(20)12-18-17-9-19(12)8-2-3-10-4-6-11(7-5-10)13(14,15)16/h4-7,9H,8H2,1H3/t21-/m1/s1. The third-order valence-electron chi connectivity index (χ3n) is 2.53. The van der Waals surface area contributed by atoms with Crippen LogP contribution in [0, 0.1) is 11.8 Å². The van der Waals surface area contributed by atoms with Gasteiger partial charge in [0.15, 0.2) is 0 Å². The molecule has 0 aliphatic rings. The van der Waals surface area contributed by atoms with Gasteiger partial charge in [-0.3, -0.25) is 8.78 Å². The molecule has 2 aromatic rings. The van der Waals surface area contributed by atoms with Gasteiger partial charge in [0.25, 0.3) is 0 Å². The Morgan fingerprint density at radius 1 is 1.29 bits per heavy atom. The summed E-state index contributed by atoms with van der Waals surface area (Å²) in [6.45, 7) is 0.211. The zero-order chi connectivity index (χ0) is 15.5. The number of hydrogen-bond acceptors (Lipinski definition) is 3. The van der Waals surface area contributed by atoms with Crippen LogP contribution in [0.3, 0.4) is 0 Å². The second kappa shape index (κ2) is 6.10. The molecule has 1 aromatic heterocycles. The zero-order valence-corrected chi connectivity index (χ0v) is 11.7. The predicted molar refractivity (Wildman–Crippen MR) is 70.7 cm³/mol. The van der Waals surface area contributed by atoms with Gasteiger partial charge >= 0.3 is 6.18 Å². The van der Waals surface area contributed by atoms with Crippen molar-refractivity contribution in [3.05, 3.63) is 41.7 Å². The Morgan fingerprint density at radius 2 is 1.95 bits per heavy atom. The normalized spacial score (nSPS) is 12.6. The lowest BCUT2D eigenvalue weighted by Crippen LogP contribution is -2.04. The molecule has 4 nitrogen and oxygen atoms in total. The van der Waals surface area contributed by atoms with E-state index < -0.39 is 22.5 Å². The molecule has 2 rings (SSSR count). The molecule has 8 heteroatoms. The first-order valence-corrected chi connectivity index (χ1v) is 7.31. The highest BCUT2D eigenvalue weighted by Crippen LogP contribution is 2.28. The summed E-state index contributed by atoms with van der Waals surface area (Å²) in [4.78, 5) is 0. The van der Waals surface area contributed by atoms with Gasteiger partial charge in [0.2, 0.25) is 5.16 Å². The van der Waals surface area contributed by atoms with Crippen LogP contribution in [0.25, 0.3) is 0 Å². The molecule has 0 spiro atoms. The van der Waals surface area contributed by atoms with E-state index >= 15 is 0 Å². The van der Waals surface area contributed by atoms with Crippen molar-refractivity contribution in [2.45, 2.75) is 17.9 Å². The molecule has 0 aliphatic carbocycles. The van der Waals surface area contributed by atoms with E-state index in [1.54, 1.807) is 0 Å². The molecule has 0 saturated carbocycles. The Bertz CT molecular complexity index is 711. The SMILES string of the molecule is C[S@@](=O)c1nncn1CC#Cc1ccc(C(F)(F)F)cc1. The number of hydrogen-bond donors (Lipinski definition) is 0. The lowest BCUT2D eigenvalue weighted by molar-refractivity contribution is -0.137. The maximum Gasteiger partial charge on any atom is 0.416 e. The highest BCUT2D eigenvalue weighted by atomic mass is 32.2. The van der Waals surface area contributed by atoms with E-state index in [1.807, 2.05) is 0 Å². The number of nitrogens with zero attached hydrogens (tertiary/aromatic N) is 3. The molecule has 21 heavy (non-hydrogen) atoms. The minimum Gasteiger partial charge on any atom is -0.295 e. The third kappa shape index (κ3) is 3.92. The van der Waals surface area contributed by atoms with E-state index in [2.05, 4.69) is 22.0 Å². The Kier molecular flexibility index (Phi) is 4.43. The lowest BCUT2D eigenvalue weighted by Gasteiger charge is -2.05. The second-order valence-corrected chi connectivity index (χ2v) is 5.35. The quantitative estimate of drug-likeness (QED) is 0.798. The van der Waals surface area contributed by atoms with Crippen LogP contribution in [0.4, 0.5) is 13.2 Å². The van der Waals surface area contributed by atoms with Crippen molar-refractivity contribution < 1.29 is 17.4 Å². The fourth-order valence-corrected chi connectivity index (χ4v) is 2.15. The smallest absolute Gasteiger partial charge is 0.295 e. The summed E-state index contributed by atoms with van der Waals surface area (Å²) in [5.41, 5.74) is -0.245. The molecule has 110 valence electrons. The van der Waals surface area contributed by atoms with Crippen LogP contribution in [0.15, 0.2) is 35.7 Å². The fourth-order valence-electron chi connectivity index (χ4n) is 1.54. The fraction of sp³-hybridized carbons (Fsp3) is 0.231. The predicted octanol–water partition coefficient (Wildman–Crippen LogP) is 2.09. The van der Waals surface area contributed by atoms with Crippen molar-refractivity contribution in [1.29, 1.82) is 0 Å². The van der Waals surface area contributed by atoms with Crippen molar-refractivity contribution in [1.82, 2.24) is 14.8 Å². The van der Waals surface area contributed by atoms with E-state index in [-0.39, 0.29) is 6.54 Å². The van der Waals surface area contributed by atoms with Gasteiger partial charge < -0.3 is 0 Å². The van der Waals surface area contributed by atoms with E-state index in [4.69, 9.17) is 0 Å². The van der Waals surface area contributed by atoms with Crippen LogP contribution < -0.4 is 0 Å². The maximum atomic E-state index is 12.4. The zero-order valence-electron chi connectivity index (χ0n) is 10.9. The molecule has 0 amide bonds. The van der Waals surface area contributed by atoms with Gasteiger partial charge in [0.1, 0.15) is 6.33 Å². The molecular formula is C13H10F3N3OS. The van der Waals surface area contributed by atoms with Gasteiger partial charge in [-0.25, -0.2) is 0 Å². The number of benzene rings is 1. The first-order chi connectivity index (χ1) is 9.88. The summed E-state index contributed by atoms with van der Waals surface area (Å²) >= 11 is 0. The minimum absolute atomic E-state index is 0.211. The van der Waals surface area contributed by atoms with Crippen LogP contribution in [0.5, 0.6) is 0 Å². The Hall–Kier alpha value is -2.14. The Labute approximate surface area is 121 Å². The molecule has 0 unspecified atom stereocenters. The van der Waals surface area contributed by atoms with Crippen LogP contribution in [0.1, 0.15) is 11.1 Å². The molecule has 1 aromatic carbocycles. The van der Waals surface area contributed by atoms with Crippen LogP contribution in [-0.2, 0) is 23.5 Å².